The van der Waals surface area contributed by atoms with Crippen molar-refractivity contribution in [1.29, 1.82) is 5.26 Å². The number of anilines is 2. The molecule has 2 fully saturated rings. The van der Waals surface area contributed by atoms with Gasteiger partial charge in [-0.05, 0) is 36.2 Å². The lowest BCUT2D eigenvalue weighted by Gasteiger charge is -2.39. The first kappa shape index (κ1) is 27.8. The number of alkyl halides is 2. The summed E-state index contributed by atoms with van der Waals surface area (Å²) in [5, 5.41) is 11.8. The molecule has 0 spiro atoms. The molecule has 2 heterocycles. The molecule has 1 aliphatic heterocycles. The molecule has 12 heteroatoms. The molecule has 2 atom stereocenters. The smallest absolute Gasteiger partial charge is 0.252 e. The van der Waals surface area contributed by atoms with E-state index in [0.29, 0.717) is 6.07 Å². The largest absolute Gasteiger partial charge is 0.351 e. The number of nitriles is 1. The van der Waals surface area contributed by atoms with E-state index in [0.717, 1.165) is 21.9 Å². The van der Waals surface area contributed by atoms with Crippen LogP contribution in [0.2, 0.25) is 0 Å². The number of nitrogens with zero attached hydrogens (tertiary/aromatic N) is 4. The fraction of sp³-hybridized carbons (Fsp3) is 0.276. The van der Waals surface area contributed by atoms with Crippen molar-refractivity contribution in [2.24, 2.45) is 0 Å². The van der Waals surface area contributed by atoms with Crippen LogP contribution in [0.1, 0.15) is 42.9 Å². The zero-order valence-electron chi connectivity index (χ0n) is 21.4. The third kappa shape index (κ3) is 5.75. The number of pyridine rings is 1. The summed E-state index contributed by atoms with van der Waals surface area (Å²) in [6.07, 6.45) is 0.0422. The molecule has 1 saturated carbocycles. The first-order valence-electron chi connectivity index (χ1n) is 12.8. The van der Waals surface area contributed by atoms with Crippen molar-refractivity contribution in [3.05, 3.63) is 89.6 Å². The fourth-order valence-electron chi connectivity index (χ4n) is 5.16. The summed E-state index contributed by atoms with van der Waals surface area (Å²) in [5.74, 6) is -7.13. The molecule has 3 amide bonds. The van der Waals surface area contributed by atoms with Gasteiger partial charge in [-0.2, -0.15) is 5.26 Å². The van der Waals surface area contributed by atoms with E-state index in [9.17, 15) is 37.2 Å². The van der Waals surface area contributed by atoms with Gasteiger partial charge in [0.15, 0.2) is 0 Å². The molecule has 2 aromatic carbocycles. The van der Waals surface area contributed by atoms with Gasteiger partial charge in [0.1, 0.15) is 29.5 Å². The molecule has 0 radical (unpaired) electrons. The Hall–Kier alpha value is -4.79. The summed E-state index contributed by atoms with van der Waals surface area (Å²) in [6, 6.07) is 11.3. The molecular weight excluding hydrogens is 542 g/mol. The minimum atomic E-state index is -2.93. The SMILES string of the molecule is N#Cc1ccnc(N2C(=O)CCC2C(=O)N(c2cc(F)cc(F)c2)C(C(=O)NC2CC(F)(F)C2)c2ccccc2)c1. The lowest BCUT2D eigenvalue weighted by atomic mass is 9.87. The van der Waals surface area contributed by atoms with Gasteiger partial charge in [-0.15, -0.1) is 0 Å². The van der Waals surface area contributed by atoms with Crippen LogP contribution in [0.25, 0.3) is 0 Å². The van der Waals surface area contributed by atoms with Crippen LogP contribution in [0.5, 0.6) is 0 Å². The number of halogens is 4. The third-order valence-electron chi connectivity index (χ3n) is 7.04. The van der Waals surface area contributed by atoms with Gasteiger partial charge in [0.05, 0.1) is 17.3 Å². The second kappa shape index (κ2) is 11.0. The fourth-order valence-corrected chi connectivity index (χ4v) is 5.16. The number of carbonyl (C=O) groups is 3. The number of aromatic nitrogens is 1. The van der Waals surface area contributed by atoms with Crippen LogP contribution in [0.4, 0.5) is 29.1 Å². The molecule has 2 aliphatic rings. The average molecular weight is 566 g/mol. The van der Waals surface area contributed by atoms with Crippen molar-refractivity contribution in [3.63, 3.8) is 0 Å². The Morgan fingerprint density at radius 1 is 1.07 bits per heavy atom. The zero-order valence-corrected chi connectivity index (χ0v) is 21.4. The number of carbonyl (C=O) groups excluding carboxylic acids is 3. The van der Waals surface area contributed by atoms with E-state index in [-0.39, 0.29) is 35.5 Å². The van der Waals surface area contributed by atoms with Crippen LogP contribution in [0.15, 0.2) is 66.9 Å². The van der Waals surface area contributed by atoms with E-state index in [1.54, 1.807) is 18.2 Å². The summed E-state index contributed by atoms with van der Waals surface area (Å²) in [7, 11) is 0. The minimum absolute atomic E-state index is 0.0115. The van der Waals surface area contributed by atoms with Crippen molar-refractivity contribution in [2.75, 3.05) is 9.80 Å². The number of benzene rings is 2. The third-order valence-corrected chi connectivity index (χ3v) is 7.04. The molecule has 1 saturated heterocycles. The topological polar surface area (TPSA) is 106 Å². The van der Waals surface area contributed by atoms with E-state index in [4.69, 9.17) is 0 Å². The van der Waals surface area contributed by atoms with Crippen molar-refractivity contribution in [2.45, 2.75) is 49.7 Å². The molecule has 41 heavy (non-hydrogen) atoms. The van der Waals surface area contributed by atoms with Crippen LogP contribution < -0.4 is 15.1 Å². The Balaban J connectivity index is 1.60. The maximum Gasteiger partial charge on any atom is 0.252 e. The van der Waals surface area contributed by atoms with Gasteiger partial charge < -0.3 is 5.32 Å². The maximum atomic E-state index is 14.5. The maximum absolute atomic E-state index is 14.5. The molecule has 210 valence electrons. The number of hydrogen-bond acceptors (Lipinski definition) is 5. The van der Waals surface area contributed by atoms with Crippen LogP contribution in [-0.4, -0.2) is 40.7 Å². The summed E-state index contributed by atoms with van der Waals surface area (Å²) in [5.41, 5.74) is 0.117. The number of hydrogen-bond donors (Lipinski definition) is 1. The molecule has 5 rings (SSSR count). The molecule has 8 nitrogen and oxygen atoms in total. The average Bonchev–Trinajstić information content (AvgIpc) is 3.31. The van der Waals surface area contributed by atoms with Crippen LogP contribution >= 0.6 is 0 Å². The number of amides is 3. The Bertz CT molecular complexity index is 1520. The van der Waals surface area contributed by atoms with Gasteiger partial charge in [0.2, 0.25) is 11.8 Å². The number of rotatable bonds is 7. The van der Waals surface area contributed by atoms with Gasteiger partial charge in [-0.3, -0.25) is 24.2 Å². The molecule has 1 N–H and O–H groups in total. The molecular formula is C29H23F4N5O3. The Morgan fingerprint density at radius 2 is 1.76 bits per heavy atom. The van der Waals surface area contributed by atoms with Gasteiger partial charge >= 0.3 is 0 Å². The number of nitrogens with one attached hydrogen (secondary N) is 1. The Morgan fingerprint density at radius 3 is 2.39 bits per heavy atom. The highest BCUT2D eigenvalue weighted by Crippen LogP contribution is 2.39. The molecule has 3 aromatic rings. The van der Waals surface area contributed by atoms with Gasteiger partial charge in [-0.1, -0.05) is 30.3 Å². The van der Waals surface area contributed by atoms with E-state index < -0.39 is 66.2 Å². The molecule has 0 bridgehead atoms. The minimum Gasteiger partial charge on any atom is -0.351 e. The van der Waals surface area contributed by atoms with Gasteiger partial charge in [0, 0.05) is 37.6 Å². The van der Waals surface area contributed by atoms with Crippen molar-refractivity contribution in [1.82, 2.24) is 10.3 Å². The Labute approximate surface area is 232 Å². The van der Waals surface area contributed by atoms with Crippen molar-refractivity contribution < 1.29 is 31.9 Å². The van der Waals surface area contributed by atoms with E-state index in [1.807, 2.05) is 6.07 Å². The monoisotopic (exact) mass is 565 g/mol. The summed E-state index contributed by atoms with van der Waals surface area (Å²) < 4.78 is 56.0. The lowest BCUT2D eigenvalue weighted by molar-refractivity contribution is -0.133. The second-order valence-corrected chi connectivity index (χ2v) is 9.95. The van der Waals surface area contributed by atoms with E-state index >= 15 is 0 Å². The first-order valence-corrected chi connectivity index (χ1v) is 12.8. The summed E-state index contributed by atoms with van der Waals surface area (Å²) in [6.45, 7) is 0. The van der Waals surface area contributed by atoms with Gasteiger partial charge in [-0.25, -0.2) is 22.5 Å². The highest BCUT2D eigenvalue weighted by molar-refractivity contribution is 6.10. The van der Waals surface area contributed by atoms with E-state index in [1.165, 1.54) is 30.5 Å². The van der Waals surface area contributed by atoms with Crippen molar-refractivity contribution in [3.8, 4) is 6.07 Å². The first-order chi connectivity index (χ1) is 19.6. The second-order valence-electron chi connectivity index (χ2n) is 9.95. The standard InChI is InChI=1S/C29H23F4N5O3/c30-19-11-20(31)13-22(12-19)37(26(18-4-2-1-3-5-18)27(40)36-21-14-29(32,33)15-21)28(41)23-6-7-25(39)38(23)24-10-17(16-34)8-9-35-24/h1-5,8-13,21,23,26H,6-7,14-15H2,(H,36,40). The highest BCUT2D eigenvalue weighted by Gasteiger charge is 2.48. The van der Waals surface area contributed by atoms with Crippen LogP contribution in [0.3, 0.4) is 0 Å². The normalized spacial score (nSPS) is 18.8. The predicted molar refractivity (Wildman–Crippen MR) is 139 cm³/mol. The highest BCUT2D eigenvalue weighted by atomic mass is 19.3. The molecule has 1 aliphatic carbocycles. The van der Waals surface area contributed by atoms with Crippen molar-refractivity contribution >= 4 is 29.2 Å². The molecule has 1 aromatic heterocycles. The zero-order chi connectivity index (χ0) is 29.3. The van der Waals surface area contributed by atoms with Gasteiger partial charge in [0.25, 0.3) is 11.8 Å². The quantitative estimate of drug-likeness (QED) is 0.427. The summed E-state index contributed by atoms with van der Waals surface area (Å²) in [4.78, 5) is 47.1. The van der Waals surface area contributed by atoms with Crippen LogP contribution in [-0.2, 0) is 14.4 Å². The van der Waals surface area contributed by atoms with E-state index in [2.05, 4.69) is 10.3 Å². The predicted octanol–water partition coefficient (Wildman–Crippen LogP) is 4.42. The molecule has 2 unspecified atom stereocenters. The lowest BCUT2D eigenvalue weighted by Crippen LogP contribution is -2.56. The summed E-state index contributed by atoms with van der Waals surface area (Å²) >= 11 is 0. The Kier molecular flexibility index (Phi) is 7.45. The van der Waals surface area contributed by atoms with Crippen LogP contribution in [0, 0.1) is 23.0 Å².